The maximum atomic E-state index is 12.4. The SMILES string of the molecule is CC(N(N)/C=C(\N)C1CC1)C(C)(C)C.Cc1ncsc1-c1ccc(C(C)NC(=O)C2CCCN2C=O)c(Cl)c1. The van der Waals surface area contributed by atoms with Gasteiger partial charge in [0, 0.05) is 35.4 Å². The molecule has 1 aliphatic carbocycles. The molecule has 0 spiro atoms. The van der Waals surface area contributed by atoms with Crippen molar-refractivity contribution >= 4 is 35.3 Å². The Labute approximate surface area is 241 Å². The highest BCUT2D eigenvalue weighted by Gasteiger charge is 2.31. The molecular weight excluding hydrogens is 532 g/mol. The number of aryl methyl sites for hydroxylation is 1. The number of hydrogen-bond acceptors (Lipinski definition) is 7. The molecule has 1 saturated heterocycles. The third-order valence-electron chi connectivity index (χ3n) is 7.61. The quantitative estimate of drug-likeness (QED) is 0.221. The van der Waals surface area contributed by atoms with Crippen LogP contribution in [0.25, 0.3) is 10.4 Å². The monoisotopic (exact) mass is 574 g/mol. The number of rotatable bonds is 8. The summed E-state index contributed by atoms with van der Waals surface area (Å²) in [5.41, 5.74) is 11.7. The molecule has 1 aromatic heterocycles. The Morgan fingerprint density at radius 2 is 1.97 bits per heavy atom. The molecule has 10 heteroatoms. The maximum absolute atomic E-state index is 12.4. The van der Waals surface area contributed by atoms with E-state index in [2.05, 4.69) is 38.0 Å². The fourth-order valence-corrected chi connectivity index (χ4v) is 5.58. The first-order chi connectivity index (χ1) is 18.3. The van der Waals surface area contributed by atoms with E-state index in [1.807, 2.05) is 43.8 Å². The third-order valence-corrected chi connectivity index (χ3v) is 8.92. The van der Waals surface area contributed by atoms with Gasteiger partial charge in [0.25, 0.3) is 0 Å². The van der Waals surface area contributed by atoms with Gasteiger partial charge in [-0.3, -0.25) is 9.59 Å². The zero-order valence-electron chi connectivity index (χ0n) is 23.9. The molecule has 214 valence electrons. The van der Waals surface area contributed by atoms with Crippen LogP contribution in [-0.4, -0.2) is 45.8 Å². The van der Waals surface area contributed by atoms with Gasteiger partial charge in [0.1, 0.15) is 6.04 Å². The predicted molar refractivity (Wildman–Crippen MR) is 160 cm³/mol. The standard InChI is InChI=1S/C18H20ClN3O2S.C11H23N3/c1-11(21-18(24)16-4-3-7-22(16)10-23)14-6-5-13(8-15(14)19)17-12(2)20-9-25-17;1-8(11(2,3)4)14(13)7-10(12)9-5-6-9/h5-6,8-11,16H,3-4,7H2,1-2H3,(H,21,24);7-9H,5-6,12-13H2,1-4H3/b;10-7-. The summed E-state index contributed by atoms with van der Waals surface area (Å²) in [6.07, 6.45) is 6.65. The average Bonchev–Trinajstić information content (AvgIpc) is 3.46. The summed E-state index contributed by atoms with van der Waals surface area (Å²) < 4.78 is 0. The van der Waals surface area contributed by atoms with Gasteiger partial charge >= 0.3 is 0 Å². The molecule has 0 bridgehead atoms. The normalized spacial score (nSPS) is 19.1. The Hall–Kier alpha value is -2.62. The molecular formula is C29H43ClN6O2S. The molecule has 39 heavy (non-hydrogen) atoms. The summed E-state index contributed by atoms with van der Waals surface area (Å²) in [5, 5.41) is 5.33. The van der Waals surface area contributed by atoms with Gasteiger partial charge in [0.2, 0.25) is 12.3 Å². The molecule has 2 aliphatic rings. The molecule has 2 fully saturated rings. The number of hydrazine groups is 1. The van der Waals surface area contributed by atoms with Gasteiger partial charge < -0.3 is 21.0 Å². The number of carbonyl (C=O) groups excluding carboxylic acids is 2. The summed E-state index contributed by atoms with van der Waals surface area (Å²) in [4.78, 5) is 30.4. The van der Waals surface area contributed by atoms with Crippen LogP contribution in [0.4, 0.5) is 0 Å². The molecule has 5 N–H and O–H groups in total. The van der Waals surface area contributed by atoms with Crippen molar-refractivity contribution in [1.82, 2.24) is 20.2 Å². The molecule has 4 rings (SSSR count). The minimum Gasteiger partial charge on any atom is -0.401 e. The molecule has 2 amide bonds. The molecule has 1 aliphatic heterocycles. The Bertz CT molecular complexity index is 1170. The summed E-state index contributed by atoms with van der Waals surface area (Å²) in [6, 6.07) is 5.53. The van der Waals surface area contributed by atoms with E-state index in [-0.39, 0.29) is 23.4 Å². The van der Waals surface area contributed by atoms with E-state index >= 15 is 0 Å². The predicted octanol–water partition coefficient (Wildman–Crippen LogP) is 5.38. The lowest BCUT2D eigenvalue weighted by atomic mass is 9.88. The van der Waals surface area contributed by atoms with Gasteiger partial charge in [0.05, 0.1) is 22.1 Å². The fraction of sp³-hybridized carbons (Fsp3) is 0.552. The molecule has 1 aromatic carbocycles. The van der Waals surface area contributed by atoms with Crippen LogP contribution < -0.4 is 16.9 Å². The number of halogens is 1. The fourth-order valence-electron chi connectivity index (χ4n) is 4.44. The van der Waals surface area contributed by atoms with Crippen molar-refractivity contribution in [2.75, 3.05) is 6.54 Å². The Morgan fingerprint density at radius 1 is 1.28 bits per heavy atom. The van der Waals surface area contributed by atoms with Gasteiger partial charge in [-0.05, 0) is 69.1 Å². The van der Waals surface area contributed by atoms with Gasteiger partial charge in [-0.25, -0.2) is 10.8 Å². The average molecular weight is 575 g/mol. The van der Waals surface area contributed by atoms with E-state index in [1.54, 1.807) is 21.2 Å². The number of nitrogens with zero attached hydrogens (tertiary/aromatic N) is 3. The minimum absolute atomic E-state index is 0.129. The number of amides is 2. The summed E-state index contributed by atoms with van der Waals surface area (Å²) in [6.45, 7) is 13.2. The van der Waals surface area contributed by atoms with Crippen LogP contribution in [0.15, 0.2) is 35.6 Å². The maximum Gasteiger partial charge on any atom is 0.243 e. The van der Waals surface area contributed by atoms with E-state index in [0.717, 1.165) is 40.2 Å². The topological polar surface area (TPSA) is 118 Å². The third kappa shape index (κ3) is 8.19. The lowest BCUT2D eigenvalue weighted by Gasteiger charge is -2.34. The van der Waals surface area contributed by atoms with E-state index in [1.165, 1.54) is 12.8 Å². The first-order valence-electron chi connectivity index (χ1n) is 13.5. The number of allylic oxidation sites excluding steroid dienone is 1. The highest BCUT2D eigenvalue weighted by Crippen LogP contribution is 2.34. The van der Waals surface area contributed by atoms with Crippen molar-refractivity contribution in [3.63, 3.8) is 0 Å². The second-order valence-electron chi connectivity index (χ2n) is 11.6. The number of likely N-dealkylation sites (tertiary alicyclic amines) is 1. The van der Waals surface area contributed by atoms with Crippen LogP contribution in [-0.2, 0) is 9.59 Å². The van der Waals surface area contributed by atoms with Crippen molar-refractivity contribution in [1.29, 1.82) is 0 Å². The van der Waals surface area contributed by atoms with Crippen molar-refractivity contribution < 1.29 is 9.59 Å². The van der Waals surface area contributed by atoms with Crippen LogP contribution in [0.1, 0.15) is 77.6 Å². The van der Waals surface area contributed by atoms with Crippen LogP contribution in [0.2, 0.25) is 5.02 Å². The number of thiazole rings is 1. The van der Waals surface area contributed by atoms with Gasteiger partial charge in [-0.15, -0.1) is 11.3 Å². The van der Waals surface area contributed by atoms with Gasteiger partial charge in [-0.2, -0.15) is 0 Å². The highest BCUT2D eigenvalue weighted by atomic mass is 35.5. The molecule has 8 nitrogen and oxygen atoms in total. The Balaban J connectivity index is 0.000000255. The Kier molecular flexibility index (Phi) is 10.4. The number of nitrogens with two attached hydrogens (primary N) is 2. The molecule has 0 radical (unpaired) electrons. The van der Waals surface area contributed by atoms with Gasteiger partial charge in [0.15, 0.2) is 0 Å². The number of nitrogens with one attached hydrogen (secondary N) is 1. The zero-order chi connectivity index (χ0) is 28.9. The van der Waals surface area contributed by atoms with E-state index in [0.29, 0.717) is 29.9 Å². The van der Waals surface area contributed by atoms with Gasteiger partial charge in [-0.1, -0.05) is 44.5 Å². The molecule has 3 atom stereocenters. The smallest absolute Gasteiger partial charge is 0.243 e. The number of aromatic nitrogens is 1. The van der Waals surface area contributed by atoms with E-state index in [9.17, 15) is 9.59 Å². The summed E-state index contributed by atoms with van der Waals surface area (Å²) in [5.74, 6) is 6.41. The highest BCUT2D eigenvalue weighted by molar-refractivity contribution is 7.13. The zero-order valence-corrected chi connectivity index (χ0v) is 25.5. The van der Waals surface area contributed by atoms with E-state index in [4.69, 9.17) is 23.2 Å². The second-order valence-corrected chi connectivity index (χ2v) is 12.9. The summed E-state index contributed by atoms with van der Waals surface area (Å²) in [7, 11) is 0. The molecule has 3 unspecified atom stereocenters. The molecule has 2 aromatic rings. The molecule has 2 heterocycles. The van der Waals surface area contributed by atoms with Crippen molar-refractivity contribution in [2.45, 2.75) is 85.4 Å². The first kappa shape index (κ1) is 30.9. The van der Waals surface area contributed by atoms with Crippen LogP contribution in [0.5, 0.6) is 0 Å². The van der Waals surface area contributed by atoms with Crippen molar-refractivity contribution in [3.8, 4) is 10.4 Å². The lowest BCUT2D eigenvalue weighted by molar-refractivity contribution is -0.131. The Morgan fingerprint density at radius 3 is 2.51 bits per heavy atom. The largest absolute Gasteiger partial charge is 0.401 e. The summed E-state index contributed by atoms with van der Waals surface area (Å²) >= 11 is 8.04. The number of carbonyl (C=O) groups is 2. The lowest BCUT2D eigenvalue weighted by Crippen LogP contribution is -2.43. The number of benzene rings is 1. The first-order valence-corrected chi connectivity index (χ1v) is 14.8. The molecule has 1 saturated carbocycles. The van der Waals surface area contributed by atoms with Crippen LogP contribution in [0, 0.1) is 18.3 Å². The number of hydrogen-bond donors (Lipinski definition) is 3. The van der Waals surface area contributed by atoms with Crippen LogP contribution >= 0.6 is 22.9 Å². The van der Waals surface area contributed by atoms with Crippen molar-refractivity contribution in [3.05, 3.63) is 51.9 Å². The minimum atomic E-state index is -0.377. The second kappa shape index (κ2) is 13.2. The van der Waals surface area contributed by atoms with E-state index < -0.39 is 0 Å². The van der Waals surface area contributed by atoms with Crippen LogP contribution in [0.3, 0.4) is 0 Å². The van der Waals surface area contributed by atoms with Crippen molar-refractivity contribution in [2.24, 2.45) is 22.9 Å².